The predicted octanol–water partition coefficient (Wildman–Crippen LogP) is 0.0702. The van der Waals surface area contributed by atoms with Gasteiger partial charge < -0.3 is 10.1 Å². The Morgan fingerprint density at radius 1 is 1.53 bits per heavy atom. The number of carbonyl (C=O) groups excluding carboxylic acids is 2. The molecular weight excluding hydrogens is 224 g/mol. The Balaban J connectivity index is 2.98. The van der Waals surface area contributed by atoms with Crippen molar-refractivity contribution in [2.75, 3.05) is 13.7 Å². The molecule has 0 aromatic carbocycles. The van der Waals surface area contributed by atoms with Crippen LogP contribution in [0.5, 0.6) is 0 Å². The lowest BCUT2D eigenvalue weighted by molar-refractivity contribution is -0.123. The van der Waals surface area contributed by atoms with Crippen molar-refractivity contribution in [3.63, 3.8) is 0 Å². The highest BCUT2D eigenvalue weighted by molar-refractivity contribution is 5.88. The van der Waals surface area contributed by atoms with E-state index in [1.807, 2.05) is 0 Å². The first-order valence-corrected chi connectivity index (χ1v) is 5.33. The molecule has 1 aromatic heterocycles. The zero-order valence-corrected chi connectivity index (χ0v) is 10.4. The molecule has 0 aliphatic carbocycles. The third-order valence-corrected chi connectivity index (χ3v) is 2.39. The molecule has 0 saturated heterocycles. The number of nitrogens with one attached hydrogen (secondary N) is 1. The van der Waals surface area contributed by atoms with Gasteiger partial charge in [0, 0.05) is 7.05 Å². The maximum atomic E-state index is 11.5. The van der Waals surface area contributed by atoms with E-state index < -0.39 is 12.0 Å². The molecule has 7 nitrogen and oxygen atoms in total. The number of rotatable bonds is 4. The topological polar surface area (TPSA) is 86.1 Å². The van der Waals surface area contributed by atoms with Crippen LogP contribution in [0.25, 0.3) is 0 Å². The summed E-state index contributed by atoms with van der Waals surface area (Å²) in [5.41, 5.74) is 0.655. The van der Waals surface area contributed by atoms with E-state index >= 15 is 0 Å². The Morgan fingerprint density at radius 3 is 2.71 bits per heavy atom. The molecule has 1 aromatic rings. The van der Waals surface area contributed by atoms with E-state index in [2.05, 4.69) is 15.6 Å². The first-order valence-electron chi connectivity index (χ1n) is 5.33. The smallest absolute Gasteiger partial charge is 0.360 e. The van der Waals surface area contributed by atoms with Gasteiger partial charge in [0.1, 0.15) is 6.04 Å². The first kappa shape index (κ1) is 13.1. The number of ether oxygens (including phenoxy) is 1. The molecule has 1 heterocycles. The van der Waals surface area contributed by atoms with Gasteiger partial charge in [-0.25, -0.2) is 9.48 Å². The average Bonchev–Trinajstić information content (AvgIpc) is 2.69. The van der Waals surface area contributed by atoms with Crippen LogP contribution in [0.3, 0.4) is 0 Å². The SMILES string of the molecule is CCOC(=O)c1nnn(C(C)C(=O)NC)c1C. The summed E-state index contributed by atoms with van der Waals surface area (Å²) in [6, 6.07) is -0.518. The van der Waals surface area contributed by atoms with Crippen molar-refractivity contribution in [2.45, 2.75) is 26.8 Å². The molecule has 1 unspecified atom stereocenters. The lowest BCUT2D eigenvalue weighted by atomic mass is 10.3. The Hall–Kier alpha value is -1.92. The van der Waals surface area contributed by atoms with Crippen LogP contribution >= 0.6 is 0 Å². The number of hydrogen-bond donors (Lipinski definition) is 1. The first-order chi connectivity index (χ1) is 8.02. The summed E-state index contributed by atoms with van der Waals surface area (Å²) in [6.07, 6.45) is 0. The fraction of sp³-hybridized carbons (Fsp3) is 0.600. The molecule has 0 radical (unpaired) electrons. The van der Waals surface area contributed by atoms with Crippen molar-refractivity contribution in [3.05, 3.63) is 11.4 Å². The van der Waals surface area contributed by atoms with Crippen LogP contribution in [-0.2, 0) is 9.53 Å². The quantitative estimate of drug-likeness (QED) is 0.753. The summed E-state index contributed by atoms with van der Waals surface area (Å²) in [4.78, 5) is 23.0. The molecule has 0 aliphatic rings. The Labute approximate surface area is 99.1 Å². The summed E-state index contributed by atoms with van der Waals surface area (Å²) in [5.74, 6) is -0.728. The molecule has 17 heavy (non-hydrogen) atoms. The number of amides is 1. The second-order valence-electron chi connectivity index (χ2n) is 3.48. The number of aromatic nitrogens is 3. The van der Waals surface area contributed by atoms with Crippen LogP contribution in [-0.4, -0.2) is 40.5 Å². The highest BCUT2D eigenvalue weighted by atomic mass is 16.5. The number of esters is 1. The normalized spacial score (nSPS) is 12.0. The van der Waals surface area contributed by atoms with E-state index in [4.69, 9.17) is 4.74 Å². The maximum Gasteiger partial charge on any atom is 0.360 e. The maximum absolute atomic E-state index is 11.5. The van der Waals surface area contributed by atoms with Crippen molar-refractivity contribution in [1.82, 2.24) is 20.3 Å². The fourth-order valence-corrected chi connectivity index (χ4v) is 1.42. The molecule has 1 amide bonds. The summed E-state index contributed by atoms with van der Waals surface area (Å²) < 4.78 is 6.23. The summed E-state index contributed by atoms with van der Waals surface area (Å²) in [5, 5.41) is 10.0. The molecule has 1 N–H and O–H groups in total. The number of likely N-dealkylation sites (N-methyl/N-ethyl adjacent to an activating group) is 1. The van der Waals surface area contributed by atoms with Crippen LogP contribution in [0, 0.1) is 6.92 Å². The second kappa shape index (κ2) is 5.42. The summed E-state index contributed by atoms with van der Waals surface area (Å²) >= 11 is 0. The van der Waals surface area contributed by atoms with Crippen molar-refractivity contribution < 1.29 is 14.3 Å². The van der Waals surface area contributed by atoms with Crippen molar-refractivity contribution in [3.8, 4) is 0 Å². The third kappa shape index (κ3) is 2.61. The number of carbonyl (C=O) groups is 2. The lowest BCUT2D eigenvalue weighted by Gasteiger charge is -2.11. The zero-order valence-electron chi connectivity index (χ0n) is 10.4. The molecule has 7 heteroatoms. The molecular formula is C10H16N4O3. The minimum absolute atomic E-state index is 0.141. The van der Waals surface area contributed by atoms with Gasteiger partial charge >= 0.3 is 5.97 Å². The summed E-state index contributed by atoms with van der Waals surface area (Å²) in [7, 11) is 1.54. The van der Waals surface area contributed by atoms with Crippen molar-refractivity contribution in [1.29, 1.82) is 0 Å². The Bertz CT molecular complexity index is 427. The van der Waals surface area contributed by atoms with Gasteiger partial charge in [-0.15, -0.1) is 5.10 Å². The van der Waals surface area contributed by atoms with Gasteiger partial charge in [0.15, 0.2) is 5.69 Å². The van der Waals surface area contributed by atoms with E-state index in [1.165, 1.54) is 11.7 Å². The lowest BCUT2D eigenvalue weighted by Crippen LogP contribution is -2.29. The highest BCUT2D eigenvalue weighted by Crippen LogP contribution is 2.12. The summed E-state index contributed by atoms with van der Waals surface area (Å²) in [6.45, 7) is 5.34. The van der Waals surface area contributed by atoms with E-state index in [0.29, 0.717) is 5.69 Å². The average molecular weight is 240 g/mol. The van der Waals surface area contributed by atoms with E-state index in [1.54, 1.807) is 20.8 Å². The minimum Gasteiger partial charge on any atom is -0.461 e. The van der Waals surface area contributed by atoms with Gasteiger partial charge in [0.05, 0.1) is 12.3 Å². The fourth-order valence-electron chi connectivity index (χ4n) is 1.42. The van der Waals surface area contributed by atoms with E-state index in [9.17, 15) is 9.59 Å². The van der Waals surface area contributed by atoms with Crippen LogP contribution in [0.4, 0.5) is 0 Å². The van der Waals surface area contributed by atoms with Crippen LogP contribution in [0.2, 0.25) is 0 Å². The molecule has 0 fully saturated rings. The van der Waals surface area contributed by atoms with Gasteiger partial charge in [0.2, 0.25) is 5.91 Å². The molecule has 0 aliphatic heterocycles. The largest absolute Gasteiger partial charge is 0.461 e. The van der Waals surface area contributed by atoms with Crippen molar-refractivity contribution >= 4 is 11.9 Å². The number of hydrogen-bond acceptors (Lipinski definition) is 5. The van der Waals surface area contributed by atoms with Crippen LogP contribution in [0.1, 0.15) is 36.1 Å². The molecule has 94 valence electrons. The van der Waals surface area contributed by atoms with Gasteiger partial charge in [-0.3, -0.25) is 4.79 Å². The van der Waals surface area contributed by atoms with Crippen molar-refractivity contribution in [2.24, 2.45) is 0 Å². The number of nitrogens with zero attached hydrogens (tertiary/aromatic N) is 3. The van der Waals surface area contributed by atoms with Crippen LogP contribution in [0.15, 0.2) is 0 Å². The zero-order chi connectivity index (χ0) is 13.0. The van der Waals surface area contributed by atoms with Gasteiger partial charge in [0.25, 0.3) is 0 Å². The van der Waals surface area contributed by atoms with Gasteiger partial charge in [-0.2, -0.15) is 0 Å². The van der Waals surface area contributed by atoms with Gasteiger partial charge in [-0.1, -0.05) is 5.21 Å². The third-order valence-electron chi connectivity index (χ3n) is 2.39. The Kier molecular flexibility index (Phi) is 4.19. The second-order valence-corrected chi connectivity index (χ2v) is 3.48. The monoisotopic (exact) mass is 240 g/mol. The minimum atomic E-state index is -0.527. The van der Waals surface area contributed by atoms with E-state index in [-0.39, 0.29) is 18.2 Å². The van der Waals surface area contributed by atoms with E-state index in [0.717, 1.165) is 0 Å². The molecule has 0 saturated carbocycles. The molecule has 0 bridgehead atoms. The molecule has 1 rings (SSSR count). The molecule has 0 spiro atoms. The highest BCUT2D eigenvalue weighted by Gasteiger charge is 2.23. The standard InChI is InChI=1S/C10H16N4O3/c1-5-17-10(16)8-6(2)14(13-12-8)7(3)9(15)11-4/h7H,5H2,1-4H3,(H,11,15). The van der Waals surface area contributed by atoms with Gasteiger partial charge in [-0.05, 0) is 20.8 Å². The van der Waals surface area contributed by atoms with Crippen LogP contribution < -0.4 is 5.32 Å². The Morgan fingerprint density at radius 2 is 2.18 bits per heavy atom. The molecule has 1 atom stereocenters. The predicted molar refractivity (Wildman–Crippen MR) is 59.5 cm³/mol.